The number of nitrogens with zero attached hydrogens (tertiary/aromatic N) is 1. The van der Waals surface area contributed by atoms with Crippen molar-refractivity contribution < 1.29 is 27.1 Å². The van der Waals surface area contributed by atoms with E-state index in [4.69, 9.17) is 4.74 Å². The summed E-state index contributed by atoms with van der Waals surface area (Å²) >= 11 is 1.32. The van der Waals surface area contributed by atoms with Crippen molar-refractivity contribution in [3.05, 3.63) is 41.7 Å². The van der Waals surface area contributed by atoms with E-state index in [-0.39, 0.29) is 24.5 Å². The van der Waals surface area contributed by atoms with Crippen LogP contribution >= 0.6 is 11.8 Å². The minimum atomic E-state index is -3.78. The van der Waals surface area contributed by atoms with E-state index in [2.05, 4.69) is 0 Å². The molecule has 0 bridgehead atoms. The molecule has 1 saturated heterocycles. The summed E-state index contributed by atoms with van der Waals surface area (Å²) in [4.78, 5) is 23.8. The first kappa shape index (κ1) is 20.6. The van der Waals surface area contributed by atoms with Crippen molar-refractivity contribution in [2.24, 2.45) is 0 Å². The number of thioether (sulfide) groups is 1. The standard InChI is InChI=1S/C17H20FNO5S2/c1-2-24-17(21)16-11-25-12-19(16)26(22,23)10-9-14(20)8-7-13-5-3-4-6-15(13)18/h3-8,16H,2,9-12H2,1H3. The Morgan fingerprint density at radius 3 is 2.81 bits per heavy atom. The van der Waals surface area contributed by atoms with Crippen LogP contribution in [0.15, 0.2) is 30.3 Å². The van der Waals surface area contributed by atoms with Gasteiger partial charge in [-0.15, -0.1) is 11.8 Å². The summed E-state index contributed by atoms with van der Waals surface area (Å²) in [7, 11) is -3.78. The predicted octanol–water partition coefficient (Wildman–Crippen LogP) is 2.07. The van der Waals surface area contributed by atoms with Crippen molar-refractivity contribution in [3.8, 4) is 0 Å². The third kappa shape index (κ3) is 5.39. The normalized spacial score (nSPS) is 18.3. The van der Waals surface area contributed by atoms with Gasteiger partial charge in [-0.3, -0.25) is 9.59 Å². The molecule has 0 aliphatic carbocycles. The second kappa shape index (κ2) is 9.29. The number of ketones is 1. The number of sulfonamides is 1. The minimum absolute atomic E-state index is 0.158. The zero-order valence-corrected chi connectivity index (χ0v) is 15.9. The van der Waals surface area contributed by atoms with Crippen molar-refractivity contribution in [2.75, 3.05) is 24.0 Å². The Hall–Kier alpha value is -1.71. The molecule has 142 valence electrons. The Bertz CT molecular complexity index is 794. The smallest absolute Gasteiger partial charge is 0.325 e. The van der Waals surface area contributed by atoms with Crippen LogP contribution in [0.5, 0.6) is 0 Å². The fourth-order valence-electron chi connectivity index (χ4n) is 2.35. The van der Waals surface area contributed by atoms with Gasteiger partial charge in [0.25, 0.3) is 0 Å². The number of rotatable bonds is 8. The number of hydrogen-bond donors (Lipinski definition) is 0. The van der Waals surface area contributed by atoms with Gasteiger partial charge in [0.15, 0.2) is 5.78 Å². The quantitative estimate of drug-likeness (QED) is 0.490. The van der Waals surface area contributed by atoms with Gasteiger partial charge in [-0.25, -0.2) is 12.8 Å². The fourth-order valence-corrected chi connectivity index (χ4v) is 5.56. The average Bonchev–Trinajstić information content (AvgIpc) is 3.10. The van der Waals surface area contributed by atoms with E-state index >= 15 is 0 Å². The van der Waals surface area contributed by atoms with Gasteiger partial charge in [0.2, 0.25) is 10.0 Å². The summed E-state index contributed by atoms with van der Waals surface area (Å²) in [5.74, 6) is -1.40. The van der Waals surface area contributed by atoms with E-state index in [1.54, 1.807) is 13.0 Å². The predicted molar refractivity (Wildman–Crippen MR) is 98.4 cm³/mol. The van der Waals surface area contributed by atoms with Gasteiger partial charge in [0, 0.05) is 17.7 Å². The molecular weight excluding hydrogens is 381 g/mol. The highest BCUT2D eigenvalue weighted by Gasteiger charge is 2.39. The minimum Gasteiger partial charge on any atom is -0.465 e. The molecule has 26 heavy (non-hydrogen) atoms. The van der Waals surface area contributed by atoms with E-state index in [9.17, 15) is 22.4 Å². The molecule has 2 rings (SSSR count). The summed E-state index contributed by atoms with van der Waals surface area (Å²) in [5, 5.41) is 0. The van der Waals surface area contributed by atoms with Crippen LogP contribution in [0.1, 0.15) is 18.9 Å². The first-order chi connectivity index (χ1) is 12.3. The van der Waals surface area contributed by atoms with Crippen molar-refractivity contribution >= 4 is 39.6 Å². The summed E-state index contributed by atoms with van der Waals surface area (Å²) < 4.78 is 44.4. The number of halogens is 1. The highest BCUT2D eigenvalue weighted by Crippen LogP contribution is 2.25. The summed E-state index contributed by atoms with van der Waals surface area (Å²) in [6.07, 6.45) is 2.23. The molecule has 1 aromatic rings. The van der Waals surface area contributed by atoms with Crippen LogP contribution in [-0.4, -0.2) is 54.5 Å². The molecule has 0 N–H and O–H groups in total. The van der Waals surface area contributed by atoms with Gasteiger partial charge in [-0.05, 0) is 25.1 Å². The molecule has 0 aromatic heterocycles. The number of esters is 1. The van der Waals surface area contributed by atoms with Gasteiger partial charge in [-0.2, -0.15) is 4.31 Å². The molecule has 6 nitrogen and oxygen atoms in total. The Labute approximate surface area is 156 Å². The largest absolute Gasteiger partial charge is 0.465 e. The zero-order chi connectivity index (χ0) is 19.2. The lowest BCUT2D eigenvalue weighted by Gasteiger charge is -2.21. The molecule has 0 spiro atoms. The van der Waals surface area contributed by atoms with Gasteiger partial charge in [0.1, 0.15) is 11.9 Å². The highest BCUT2D eigenvalue weighted by atomic mass is 32.2. The molecular formula is C17H20FNO5S2. The lowest BCUT2D eigenvalue weighted by atomic mass is 10.1. The molecule has 1 atom stereocenters. The lowest BCUT2D eigenvalue weighted by molar-refractivity contribution is -0.146. The fraction of sp³-hybridized carbons (Fsp3) is 0.412. The number of allylic oxidation sites excluding steroid dienone is 1. The van der Waals surface area contributed by atoms with Crippen LogP contribution in [0, 0.1) is 5.82 Å². The number of carbonyl (C=O) groups is 2. The molecule has 0 radical (unpaired) electrons. The molecule has 1 aromatic carbocycles. The maximum absolute atomic E-state index is 13.5. The first-order valence-corrected chi connectivity index (χ1v) is 10.8. The Kier molecular flexibility index (Phi) is 7.36. The van der Waals surface area contributed by atoms with E-state index in [1.807, 2.05) is 0 Å². The molecule has 1 aliphatic rings. The van der Waals surface area contributed by atoms with Gasteiger partial charge < -0.3 is 4.74 Å². The van der Waals surface area contributed by atoms with Crippen LogP contribution in [0.2, 0.25) is 0 Å². The molecule has 1 heterocycles. The van der Waals surface area contributed by atoms with Crippen LogP contribution in [0.3, 0.4) is 0 Å². The first-order valence-electron chi connectivity index (χ1n) is 8.04. The molecule has 1 unspecified atom stereocenters. The summed E-state index contributed by atoms with van der Waals surface area (Å²) in [6, 6.07) is 5.11. The van der Waals surface area contributed by atoms with Crippen molar-refractivity contribution in [2.45, 2.75) is 19.4 Å². The maximum atomic E-state index is 13.5. The maximum Gasteiger partial charge on any atom is 0.325 e. The van der Waals surface area contributed by atoms with Gasteiger partial charge >= 0.3 is 5.97 Å². The van der Waals surface area contributed by atoms with E-state index in [1.165, 1.54) is 36.0 Å². The topological polar surface area (TPSA) is 80.8 Å². The molecule has 0 amide bonds. The third-order valence-electron chi connectivity index (χ3n) is 3.72. The Balaban J connectivity index is 1.95. The van der Waals surface area contributed by atoms with Crippen molar-refractivity contribution in [3.63, 3.8) is 0 Å². The van der Waals surface area contributed by atoms with Gasteiger partial charge in [0.05, 0.1) is 18.2 Å². The molecule has 0 saturated carbocycles. The highest BCUT2D eigenvalue weighted by molar-refractivity contribution is 8.00. The van der Waals surface area contributed by atoms with Gasteiger partial charge in [-0.1, -0.05) is 18.2 Å². The third-order valence-corrected chi connectivity index (χ3v) is 6.71. The zero-order valence-electron chi connectivity index (χ0n) is 14.3. The van der Waals surface area contributed by atoms with E-state index in [0.717, 1.165) is 10.4 Å². The molecule has 1 fully saturated rings. The lowest BCUT2D eigenvalue weighted by Crippen LogP contribution is -2.43. The van der Waals surface area contributed by atoms with Crippen molar-refractivity contribution in [1.82, 2.24) is 4.31 Å². The average molecular weight is 401 g/mol. The molecule has 1 aliphatic heterocycles. The van der Waals surface area contributed by atoms with Crippen molar-refractivity contribution in [1.29, 1.82) is 0 Å². The number of hydrogen-bond acceptors (Lipinski definition) is 6. The summed E-state index contributed by atoms with van der Waals surface area (Å²) in [6.45, 7) is 1.83. The van der Waals surface area contributed by atoms with Crippen LogP contribution in [0.4, 0.5) is 4.39 Å². The van der Waals surface area contributed by atoms with E-state index < -0.39 is 39.4 Å². The Morgan fingerprint density at radius 1 is 1.38 bits per heavy atom. The molecule has 9 heteroatoms. The summed E-state index contributed by atoms with van der Waals surface area (Å²) in [5.41, 5.74) is 0.252. The SMILES string of the molecule is CCOC(=O)C1CSCN1S(=O)(=O)CCC(=O)C=Cc1ccccc1F. The van der Waals surface area contributed by atoms with Crippen LogP contribution in [0.25, 0.3) is 6.08 Å². The van der Waals surface area contributed by atoms with Crippen LogP contribution in [-0.2, 0) is 24.3 Å². The number of ether oxygens (including phenoxy) is 1. The second-order valence-electron chi connectivity index (χ2n) is 5.54. The Morgan fingerprint density at radius 2 is 2.12 bits per heavy atom. The van der Waals surface area contributed by atoms with Crippen LogP contribution < -0.4 is 0 Å². The van der Waals surface area contributed by atoms with E-state index in [0.29, 0.717) is 5.75 Å². The second-order valence-corrected chi connectivity index (χ2v) is 8.58. The number of benzene rings is 1. The monoisotopic (exact) mass is 401 g/mol. The number of carbonyl (C=O) groups excluding carboxylic acids is 2.